The number of amides is 2. The molecular formula is C13H15N3O5. The summed E-state index contributed by atoms with van der Waals surface area (Å²) in [5, 5.41) is 24.7. The zero-order chi connectivity index (χ0) is 15.5. The summed E-state index contributed by atoms with van der Waals surface area (Å²) in [4.78, 5) is 33.0. The van der Waals surface area contributed by atoms with Gasteiger partial charge in [-0.1, -0.05) is 12.1 Å². The summed E-state index contributed by atoms with van der Waals surface area (Å²) < 4.78 is 0. The average molecular weight is 293 g/mol. The van der Waals surface area contributed by atoms with Crippen LogP contribution in [0.15, 0.2) is 24.3 Å². The Labute approximate surface area is 120 Å². The third-order valence-electron chi connectivity index (χ3n) is 3.54. The van der Waals surface area contributed by atoms with Crippen molar-refractivity contribution < 1.29 is 19.6 Å². The molecule has 1 aliphatic carbocycles. The van der Waals surface area contributed by atoms with Crippen molar-refractivity contribution in [2.75, 3.05) is 0 Å². The van der Waals surface area contributed by atoms with Crippen LogP contribution >= 0.6 is 0 Å². The number of nitro benzene ring substituents is 1. The lowest BCUT2D eigenvalue weighted by Crippen LogP contribution is -2.61. The number of rotatable bonds is 5. The summed E-state index contributed by atoms with van der Waals surface area (Å²) in [6, 6.07) is 5.29. The molecule has 0 spiro atoms. The molecule has 3 N–H and O–H groups in total. The normalized spacial score (nSPS) is 15.6. The Hall–Kier alpha value is -2.64. The second-order valence-electron chi connectivity index (χ2n) is 4.98. The number of non-ortho nitro benzene ring substituents is 1. The molecule has 1 aromatic carbocycles. The van der Waals surface area contributed by atoms with Crippen LogP contribution in [0.2, 0.25) is 0 Å². The third kappa shape index (κ3) is 3.28. The van der Waals surface area contributed by atoms with E-state index in [2.05, 4.69) is 10.6 Å². The van der Waals surface area contributed by atoms with Gasteiger partial charge in [-0.2, -0.15) is 0 Å². The fourth-order valence-corrected chi connectivity index (χ4v) is 2.15. The van der Waals surface area contributed by atoms with Gasteiger partial charge in [0.15, 0.2) is 0 Å². The first-order valence-corrected chi connectivity index (χ1v) is 6.46. The fraction of sp³-hybridized carbons (Fsp3) is 0.385. The van der Waals surface area contributed by atoms with Crippen LogP contribution in [0.1, 0.15) is 24.8 Å². The highest BCUT2D eigenvalue weighted by atomic mass is 16.6. The van der Waals surface area contributed by atoms with Gasteiger partial charge in [-0.05, 0) is 24.8 Å². The van der Waals surface area contributed by atoms with E-state index in [0.29, 0.717) is 18.4 Å². The number of benzene rings is 1. The van der Waals surface area contributed by atoms with Crippen molar-refractivity contribution in [3.05, 3.63) is 39.9 Å². The second-order valence-corrected chi connectivity index (χ2v) is 4.98. The first-order chi connectivity index (χ1) is 9.93. The van der Waals surface area contributed by atoms with Gasteiger partial charge in [-0.25, -0.2) is 9.59 Å². The van der Waals surface area contributed by atoms with E-state index in [1.165, 1.54) is 18.2 Å². The van der Waals surface area contributed by atoms with E-state index in [1.54, 1.807) is 6.07 Å². The maximum Gasteiger partial charge on any atom is 0.329 e. The van der Waals surface area contributed by atoms with Crippen molar-refractivity contribution in [2.24, 2.45) is 0 Å². The highest BCUT2D eigenvalue weighted by molar-refractivity contribution is 5.87. The van der Waals surface area contributed by atoms with E-state index in [-0.39, 0.29) is 12.2 Å². The van der Waals surface area contributed by atoms with Crippen LogP contribution in [0, 0.1) is 10.1 Å². The van der Waals surface area contributed by atoms with Crippen LogP contribution < -0.4 is 10.6 Å². The Bertz CT molecular complexity index is 583. The lowest BCUT2D eigenvalue weighted by Gasteiger charge is -2.38. The molecule has 1 saturated carbocycles. The quantitative estimate of drug-likeness (QED) is 0.559. The number of carbonyl (C=O) groups excluding carboxylic acids is 1. The number of hydrogen-bond acceptors (Lipinski definition) is 4. The molecule has 8 nitrogen and oxygen atoms in total. The summed E-state index contributed by atoms with van der Waals surface area (Å²) in [6.07, 6.45) is 1.58. The van der Waals surface area contributed by atoms with Crippen LogP contribution in [-0.2, 0) is 11.3 Å². The Balaban J connectivity index is 1.91. The number of nitrogens with one attached hydrogen (secondary N) is 2. The number of nitro groups is 1. The Kier molecular flexibility index (Phi) is 4.06. The monoisotopic (exact) mass is 293 g/mol. The summed E-state index contributed by atoms with van der Waals surface area (Å²) in [5.41, 5.74) is -0.666. The second kappa shape index (κ2) is 5.78. The van der Waals surface area contributed by atoms with Crippen molar-refractivity contribution in [1.29, 1.82) is 0 Å². The van der Waals surface area contributed by atoms with Crippen molar-refractivity contribution in [2.45, 2.75) is 31.3 Å². The van der Waals surface area contributed by atoms with Gasteiger partial charge in [-0.3, -0.25) is 10.1 Å². The molecule has 0 heterocycles. The number of urea groups is 1. The molecule has 0 atom stereocenters. The summed E-state index contributed by atoms with van der Waals surface area (Å²) in [7, 11) is 0. The Morgan fingerprint density at radius 1 is 1.38 bits per heavy atom. The zero-order valence-electron chi connectivity index (χ0n) is 11.2. The van der Waals surface area contributed by atoms with E-state index in [4.69, 9.17) is 5.11 Å². The number of aliphatic carboxylic acids is 1. The molecule has 8 heteroatoms. The van der Waals surface area contributed by atoms with Crippen LogP contribution in [0.25, 0.3) is 0 Å². The molecule has 1 aliphatic rings. The Morgan fingerprint density at radius 3 is 2.62 bits per heavy atom. The van der Waals surface area contributed by atoms with Gasteiger partial charge in [0.2, 0.25) is 0 Å². The average Bonchev–Trinajstić information content (AvgIpc) is 2.40. The van der Waals surface area contributed by atoms with E-state index in [9.17, 15) is 19.7 Å². The first kappa shape index (κ1) is 14.8. The first-order valence-electron chi connectivity index (χ1n) is 6.46. The van der Waals surface area contributed by atoms with Crippen LogP contribution in [0.5, 0.6) is 0 Å². The number of carbonyl (C=O) groups is 2. The molecule has 0 aromatic heterocycles. The molecule has 1 fully saturated rings. The molecule has 0 saturated heterocycles. The van der Waals surface area contributed by atoms with Crippen molar-refractivity contribution in [3.8, 4) is 0 Å². The van der Waals surface area contributed by atoms with Gasteiger partial charge in [0, 0.05) is 18.7 Å². The minimum absolute atomic E-state index is 0.0595. The summed E-state index contributed by atoms with van der Waals surface area (Å²) >= 11 is 0. The van der Waals surface area contributed by atoms with Crippen molar-refractivity contribution >= 4 is 17.7 Å². The molecule has 112 valence electrons. The topological polar surface area (TPSA) is 122 Å². The largest absolute Gasteiger partial charge is 0.480 e. The van der Waals surface area contributed by atoms with E-state index < -0.39 is 22.5 Å². The smallest absolute Gasteiger partial charge is 0.329 e. The van der Waals surface area contributed by atoms with Gasteiger partial charge in [0.1, 0.15) is 5.54 Å². The maximum absolute atomic E-state index is 11.7. The third-order valence-corrected chi connectivity index (χ3v) is 3.54. The highest BCUT2D eigenvalue weighted by Crippen LogP contribution is 2.31. The van der Waals surface area contributed by atoms with Crippen molar-refractivity contribution in [1.82, 2.24) is 10.6 Å². The highest BCUT2D eigenvalue weighted by Gasteiger charge is 2.45. The van der Waals surface area contributed by atoms with Crippen LogP contribution in [0.3, 0.4) is 0 Å². The molecule has 0 radical (unpaired) electrons. The fourth-order valence-electron chi connectivity index (χ4n) is 2.15. The molecule has 2 amide bonds. The number of nitrogens with zero attached hydrogens (tertiary/aromatic N) is 1. The molecule has 0 bridgehead atoms. The molecule has 0 unspecified atom stereocenters. The molecule has 1 aromatic rings. The lowest BCUT2D eigenvalue weighted by atomic mass is 9.77. The van der Waals surface area contributed by atoms with Gasteiger partial charge in [0.05, 0.1) is 4.92 Å². The van der Waals surface area contributed by atoms with E-state index >= 15 is 0 Å². The molecule has 0 aliphatic heterocycles. The molecular weight excluding hydrogens is 278 g/mol. The molecule has 2 rings (SSSR count). The van der Waals surface area contributed by atoms with Crippen molar-refractivity contribution in [3.63, 3.8) is 0 Å². The van der Waals surface area contributed by atoms with Crippen LogP contribution in [0.4, 0.5) is 10.5 Å². The van der Waals surface area contributed by atoms with E-state index in [1.807, 2.05) is 0 Å². The number of carboxylic acid groups (broad SMARTS) is 1. The van der Waals surface area contributed by atoms with Gasteiger partial charge in [-0.15, -0.1) is 0 Å². The molecule has 21 heavy (non-hydrogen) atoms. The predicted octanol–water partition coefficient (Wildman–Crippen LogP) is 1.40. The van der Waals surface area contributed by atoms with Gasteiger partial charge in [0.25, 0.3) is 5.69 Å². The minimum atomic E-state index is -1.17. The lowest BCUT2D eigenvalue weighted by molar-refractivity contribution is -0.384. The summed E-state index contributed by atoms with van der Waals surface area (Å²) in [5.74, 6) is -1.04. The zero-order valence-corrected chi connectivity index (χ0v) is 11.2. The predicted molar refractivity (Wildman–Crippen MR) is 72.7 cm³/mol. The number of hydrogen-bond donors (Lipinski definition) is 3. The van der Waals surface area contributed by atoms with Gasteiger partial charge >= 0.3 is 12.0 Å². The van der Waals surface area contributed by atoms with E-state index in [0.717, 1.165) is 6.42 Å². The van der Waals surface area contributed by atoms with Gasteiger partial charge < -0.3 is 15.7 Å². The van der Waals surface area contributed by atoms with Crippen LogP contribution in [-0.4, -0.2) is 27.6 Å². The summed E-state index contributed by atoms with van der Waals surface area (Å²) in [6.45, 7) is 0.0865. The maximum atomic E-state index is 11.7. The standard InChI is InChI=1S/C13H15N3O5/c17-11(18)13(5-2-6-13)15-12(19)14-8-9-3-1-4-10(7-9)16(20)21/h1,3-4,7H,2,5-6,8H2,(H,17,18)(H2,14,15,19). The number of carboxylic acids is 1. The minimum Gasteiger partial charge on any atom is -0.480 e. The Morgan fingerprint density at radius 2 is 2.10 bits per heavy atom. The SMILES string of the molecule is O=C(NCc1cccc([N+](=O)[O-])c1)NC1(C(=O)O)CCC1.